The van der Waals surface area contributed by atoms with Crippen molar-refractivity contribution in [3.8, 4) is 6.07 Å². The molecule has 0 unspecified atom stereocenters. The SMILES string of the molecule is Cc1ccc(C#N)cc1NC(=O)Cc1cccc(Br)c1. The van der Waals surface area contributed by atoms with E-state index in [9.17, 15) is 4.79 Å². The first-order valence-electron chi connectivity index (χ1n) is 6.13. The minimum Gasteiger partial charge on any atom is -0.326 e. The van der Waals surface area contributed by atoms with Crippen LogP contribution in [-0.2, 0) is 11.2 Å². The molecule has 3 nitrogen and oxygen atoms in total. The van der Waals surface area contributed by atoms with Gasteiger partial charge in [-0.15, -0.1) is 0 Å². The number of anilines is 1. The highest BCUT2D eigenvalue weighted by molar-refractivity contribution is 9.10. The zero-order valence-corrected chi connectivity index (χ0v) is 12.6. The maximum absolute atomic E-state index is 12.0. The molecule has 0 fully saturated rings. The number of hydrogen-bond acceptors (Lipinski definition) is 2. The molecule has 0 saturated heterocycles. The molecule has 2 rings (SSSR count). The van der Waals surface area contributed by atoms with E-state index in [1.165, 1.54) is 0 Å². The van der Waals surface area contributed by atoms with Gasteiger partial charge >= 0.3 is 0 Å². The normalized spacial score (nSPS) is 9.85. The fourth-order valence-corrected chi connectivity index (χ4v) is 2.30. The van der Waals surface area contributed by atoms with Crippen LogP contribution in [0.5, 0.6) is 0 Å². The summed E-state index contributed by atoms with van der Waals surface area (Å²) >= 11 is 3.38. The van der Waals surface area contributed by atoms with Crippen molar-refractivity contribution >= 4 is 27.5 Å². The Bertz CT molecular complexity index is 689. The second-order valence-corrected chi connectivity index (χ2v) is 5.41. The molecule has 1 N–H and O–H groups in total. The molecule has 0 heterocycles. The highest BCUT2D eigenvalue weighted by atomic mass is 79.9. The Balaban J connectivity index is 2.10. The first-order valence-corrected chi connectivity index (χ1v) is 6.93. The third-order valence-electron chi connectivity index (χ3n) is 2.89. The topological polar surface area (TPSA) is 52.9 Å². The summed E-state index contributed by atoms with van der Waals surface area (Å²) in [6, 6.07) is 15.0. The number of rotatable bonds is 3. The standard InChI is InChI=1S/C16H13BrN2O/c1-11-5-6-13(10-18)8-15(11)19-16(20)9-12-3-2-4-14(17)7-12/h2-8H,9H2,1H3,(H,19,20). The number of hydrogen-bond donors (Lipinski definition) is 1. The van der Waals surface area contributed by atoms with E-state index in [1.807, 2.05) is 37.3 Å². The molecule has 100 valence electrons. The molecule has 0 radical (unpaired) electrons. The number of nitrogens with one attached hydrogen (secondary N) is 1. The number of aryl methyl sites for hydroxylation is 1. The van der Waals surface area contributed by atoms with Crippen LogP contribution < -0.4 is 5.32 Å². The predicted octanol–water partition coefficient (Wildman–Crippen LogP) is 3.81. The number of benzene rings is 2. The van der Waals surface area contributed by atoms with Crippen molar-refractivity contribution < 1.29 is 4.79 Å². The summed E-state index contributed by atoms with van der Waals surface area (Å²) in [5.41, 5.74) is 3.09. The number of nitrogens with zero attached hydrogens (tertiary/aromatic N) is 1. The van der Waals surface area contributed by atoms with Crippen LogP contribution >= 0.6 is 15.9 Å². The van der Waals surface area contributed by atoms with Gasteiger partial charge in [0.05, 0.1) is 18.1 Å². The Kier molecular flexibility index (Phi) is 4.54. The highest BCUT2D eigenvalue weighted by Gasteiger charge is 2.07. The van der Waals surface area contributed by atoms with E-state index in [-0.39, 0.29) is 5.91 Å². The van der Waals surface area contributed by atoms with Crippen LogP contribution in [0, 0.1) is 18.3 Å². The largest absolute Gasteiger partial charge is 0.326 e. The lowest BCUT2D eigenvalue weighted by Gasteiger charge is -2.09. The molecule has 2 aromatic carbocycles. The van der Waals surface area contributed by atoms with Crippen LogP contribution in [0.25, 0.3) is 0 Å². The average molecular weight is 329 g/mol. The van der Waals surface area contributed by atoms with Gasteiger partial charge in [-0.2, -0.15) is 5.26 Å². The first kappa shape index (κ1) is 14.3. The van der Waals surface area contributed by atoms with Gasteiger partial charge in [0, 0.05) is 10.2 Å². The molecule has 20 heavy (non-hydrogen) atoms. The van der Waals surface area contributed by atoms with E-state index in [1.54, 1.807) is 12.1 Å². The Morgan fingerprint density at radius 3 is 2.80 bits per heavy atom. The Labute approximate surface area is 126 Å². The summed E-state index contributed by atoms with van der Waals surface area (Å²) in [5, 5.41) is 11.7. The lowest BCUT2D eigenvalue weighted by Crippen LogP contribution is -2.15. The molecule has 0 bridgehead atoms. The molecule has 2 aromatic rings. The van der Waals surface area contributed by atoms with Gasteiger partial charge in [0.15, 0.2) is 0 Å². The maximum Gasteiger partial charge on any atom is 0.228 e. The molecule has 1 amide bonds. The zero-order valence-electron chi connectivity index (χ0n) is 11.0. The number of carbonyl (C=O) groups excluding carboxylic acids is 1. The van der Waals surface area contributed by atoms with Gasteiger partial charge < -0.3 is 5.32 Å². The van der Waals surface area contributed by atoms with E-state index < -0.39 is 0 Å². The molecule has 0 aliphatic rings. The quantitative estimate of drug-likeness (QED) is 0.931. The molecule has 0 aliphatic heterocycles. The summed E-state index contributed by atoms with van der Waals surface area (Å²) in [6.07, 6.45) is 0.301. The molecule has 0 aliphatic carbocycles. The van der Waals surface area contributed by atoms with Crippen molar-refractivity contribution in [2.24, 2.45) is 0 Å². The van der Waals surface area contributed by atoms with Crippen LogP contribution in [-0.4, -0.2) is 5.91 Å². The maximum atomic E-state index is 12.0. The number of halogens is 1. The number of nitriles is 1. The molecule has 0 atom stereocenters. The fourth-order valence-electron chi connectivity index (χ4n) is 1.85. The molecule has 0 aromatic heterocycles. The third-order valence-corrected chi connectivity index (χ3v) is 3.39. The molecular weight excluding hydrogens is 316 g/mol. The van der Waals surface area contributed by atoms with Gasteiger partial charge in [-0.05, 0) is 42.3 Å². The first-order chi connectivity index (χ1) is 9.58. The van der Waals surface area contributed by atoms with E-state index in [0.29, 0.717) is 17.7 Å². The second kappa shape index (κ2) is 6.36. The number of carbonyl (C=O) groups is 1. The van der Waals surface area contributed by atoms with Crippen LogP contribution in [0.15, 0.2) is 46.9 Å². The Morgan fingerprint density at radius 1 is 1.30 bits per heavy atom. The summed E-state index contributed by atoms with van der Waals surface area (Å²) < 4.78 is 0.949. The molecule has 0 saturated carbocycles. The molecule has 4 heteroatoms. The van der Waals surface area contributed by atoms with E-state index in [2.05, 4.69) is 27.3 Å². The van der Waals surface area contributed by atoms with Gasteiger partial charge in [0.1, 0.15) is 0 Å². The highest BCUT2D eigenvalue weighted by Crippen LogP contribution is 2.17. The van der Waals surface area contributed by atoms with Crippen LogP contribution in [0.3, 0.4) is 0 Å². The molecular formula is C16H13BrN2O. The van der Waals surface area contributed by atoms with Gasteiger partial charge in [-0.3, -0.25) is 4.79 Å². The van der Waals surface area contributed by atoms with Crippen molar-refractivity contribution in [3.05, 3.63) is 63.6 Å². The van der Waals surface area contributed by atoms with Gasteiger partial charge in [0.25, 0.3) is 0 Å². The second-order valence-electron chi connectivity index (χ2n) is 4.50. The third kappa shape index (κ3) is 3.69. The van der Waals surface area contributed by atoms with Crippen molar-refractivity contribution in [3.63, 3.8) is 0 Å². The fraction of sp³-hybridized carbons (Fsp3) is 0.125. The number of amides is 1. The monoisotopic (exact) mass is 328 g/mol. The van der Waals surface area contributed by atoms with Crippen LogP contribution in [0.4, 0.5) is 5.69 Å². The average Bonchev–Trinajstić information content (AvgIpc) is 2.41. The smallest absolute Gasteiger partial charge is 0.228 e. The van der Waals surface area contributed by atoms with Crippen molar-refractivity contribution in [2.75, 3.05) is 5.32 Å². The van der Waals surface area contributed by atoms with E-state index in [4.69, 9.17) is 5.26 Å². The van der Waals surface area contributed by atoms with Gasteiger partial charge in [0.2, 0.25) is 5.91 Å². The lowest BCUT2D eigenvalue weighted by molar-refractivity contribution is -0.115. The lowest BCUT2D eigenvalue weighted by atomic mass is 10.1. The van der Waals surface area contributed by atoms with E-state index >= 15 is 0 Å². The summed E-state index contributed by atoms with van der Waals surface area (Å²) in [5.74, 6) is -0.0960. The summed E-state index contributed by atoms with van der Waals surface area (Å²) in [6.45, 7) is 1.90. The minimum absolute atomic E-state index is 0.0960. The van der Waals surface area contributed by atoms with Crippen LogP contribution in [0.2, 0.25) is 0 Å². The minimum atomic E-state index is -0.0960. The van der Waals surface area contributed by atoms with Crippen molar-refractivity contribution in [2.45, 2.75) is 13.3 Å². The predicted molar refractivity (Wildman–Crippen MR) is 82.4 cm³/mol. The summed E-state index contributed by atoms with van der Waals surface area (Å²) in [7, 11) is 0. The summed E-state index contributed by atoms with van der Waals surface area (Å²) in [4.78, 5) is 12.0. The molecule has 0 spiro atoms. The van der Waals surface area contributed by atoms with Gasteiger partial charge in [-0.25, -0.2) is 0 Å². The van der Waals surface area contributed by atoms with Gasteiger partial charge in [-0.1, -0.05) is 34.1 Å². The zero-order chi connectivity index (χ0) is 14.5. The Morgan fingerprint density at radius 2 is 2.10 bits per heavy atom. The van der Waals surface area contributed by atoms with E-state index in [0.717, 1.165) is 15.6 Å². The Hall–Kier alpha value is -2.12. The van der Waals surface area contributed by atoms with Crippen molar-refractivity contribution in [1.29, 1.82) is 5.26 Å². The van der Waals surface area contributed by atoms with Crippen LogP contribution in [0.1, 0.15) is 16.7 Å². The van der Waals surface area contributed by atoms with Crippen molar-refractivity contribution in [1.82, 2.24) is 0 Å².